The highest BCUT2D eigenvalue weighted by Gasteiger charge is 2.61. The summed E-state index contributed by atoms with van der Waals surface area (Å²) in [5, 5.41) is 3.17. The quantitative estimate of drug-likeness (QED) is 0.732. The van der Waals surface area contributed by atoms with Crippen molar-refractivity contribution in [1.82, 2.24) is 20.1 Å². The number of pyridine rings is 1. The second kappa shape index (κ2) is 8.50. The summed E-state index contributed by atoms with van der Waals surface area (Å²) < 4.78 is 14.8. The zero-order valence-electron chi connectivity index (χ0n) is 19.6. The molecule has 4 rings (SSSR count). The van der Waals surface area contributed by atoms with Crippen molar-refractivity contribution in [1.29, 1.82) is 0 Å². The van der Waals surface area contributed by atoms with Crippen LogP contribution >= 0.6 is 0 Å². The van der Waals surface area contributed by atoms with E-state index in [1.807, 2.05) is 49.9 Å². The normalized spacial score (nSPS) is 18.4. The van der Waals surface area contributed by atoms with Crippen molar-refractivity contribution in [2.24, 2.45) is 0 Å². The molecule has 1 atom stereocenters. The second-order valence-corrected chi connectivity index (χ2v) is 8.92. The van der Waals surface area contributed by atoms with Crippen LogP contribution in [0.2, 0.25) is 0 Å². The second-order valence-electron chi connectivity index (χ2n) is 8.92. The lowest BCUT2D eigenvalue weighted by Gasteiger charge is -2.60. The molecule has 7 nitrogen and oxygen atoms in total. The summed E-state index contributed by atoms with van der Waals surface area (Å²) in [6, 6.07) is 8.95. The summed E-state index contributed by atoms with van der Waals surface area (Å²) in [5.41, 5.74) is 1.58. The van der Waals surface area contributed by atoms with Crippen molar-refractivity contribution in [2.45, 2.75) is 39.3 Å². The van der Waals surface area contributed by atoms with Gasteiger partial charge in [0, 0.05) is 12.7 Å². The Bertz CT molecular complexity index is 1090. The van der Waals surface area contributed by atoms with Crippen LogP contribution in [0.15, 0.2) is 48.9 Å². The fraction of sp³-hybridized carbons (Fsp3) is 0.400. The predicted molar refractivity (Wildman–Crippen MR) is 125 cm³/mol. The van der Waals surface area contributed by atoms with Gasteiger partial charge in [-0.1, -0.05) is 36.4 Å². The number of amides is 2. The fourth-order valence-electron chi connectivity index (χ4n) is 4.73. The minimum atomic E-state index is -1.13. The maximum atomic E-state index is 14.8. The fourth-order valence-corrected chi connectivity index (χ4v) is 4.73. The molecule has 0 aliphatic carbocycles. The summed E-state index contributed by atoms with van der Waals surface area (Å²) >= 11 is 0. The Morgan fingerprint density at radius 3 is 2.48 bits per heavy atom. The molecule has 0 saturated carbocycles. The molecule has 1 aromatic carbocycles. The minimum absolute atomic E-state index is 0.107. The first-order valence-electron chi connectivity index (χ1n) is 11.2. The Morgan fingerprint density at radius 2 is 1.88 bits per heavy atom. The number of carbonyl (C=O) groups excluding carboxylic acids is 2. The van der Waals surface area contributed by atoms with E-state index >= 15 is 0 Å². The molecule has 0 bridgehead atoms. The molecule has 174 valence electrons. The third-order valence-corrected chi connectivity index (χ3v) is 6.50. The molecule has 0 unspecified atom stereocenters. The van der Waals surface area contributed by atoms with Gasteiger partial charge in [-0.25, -0.2) is 9.37 Å². The predicted octanol–water partition coefficient (Wildman–Crippen LogP) is 2.91. The Hall–Kier alpha value is -3.42. The van der Waals surface area contributed by atoms with Crippen molar-refractivity contribution in [2.75, 3.05) is 31.1 Å². The third-order valence-electron chi connectivity index (χ3n) is 6.50. The van der Waals surface area contributed by atoms with Crippen LogP contribution in [0.25, 0.3) is 0 Å². The lowest BCUT2D eigenvalue weighted by atomic mass is 9.81. The van der Waals surface area contributed by atoms with E-state index in [0.717, 1.165) is 11.1 Å². The van der Waals surface area contributed by atoms with Gasteiger partial charge in [-0.3, -0.25) is 14.5 Å². The highest BCUT2D eigenvalue weighted by Crippen LogP contribution is 2.41. The first-order valence-corrected chi connectivity index (χ1v) is 11.2. The monoisotopic (exact) mass is 451 g/mol. The summed E-state index contributed by atoms with van der Waals surface area (Å²) in [7, 11) is 0. The van der Waals surface area contributed by atoms with Crippen LogP contribution < -0.4 is 10.2 Å². The highest BCUT2D eigenvalue weighted by molar-refractivity contribution is 6.10. The van der Waals surface area contributed by atoms with E-state index < -0.39 is 11.4 Å². The maximum Gasteiger partial charge on any atom is 0.258 e. The standard InChI is InChI=1S/C25H30FN5O2/c1-6-27-19(5)29-14-25(15-29)24(33)30(23-21(26)11-17(3)12-28-23)13-22(32)31(25)18(4)20-9-7-16(2)8-10-20/h7-12,18,27H,5-6,13-15H2,1-4H3/t18-/m0/s1. The number of piperazine rings is 1. The van der Waals surface area contributed by atoms with Crippen LogP contribution in [0.1, 0.15) is 36.6 Å². The van der Waals surface area contributed by atoms with E-state index in [2.05, 4.69) is 16.9 Å². The maximum absolute atomic E-state index is 14.8. The van der Waals surface area contributed by atoms with Crippen LogP contribution in [0.3, 0.4) is 0 Å². The number of carbonyl (C=O) groups is 2. The molecule has 3 heterocycles. The van der Waals surface area contributed by atoms with Gasteiger partial charge >= 0.3 is 0 Å². The lowest BCUT2D eigenvalue weighted by Crippen LogP contribution is -2.81. The Morgan fingerprint density at radius 1 is 1.21 bits per heavy atom. The van der Waals surface area contributed by atoms with Gasteiger partial charge in [-0.2, -0.15) is 0 Å². The molecule has 2 amide bonds. The molecule has 8 heteroatoms. The largest absolute Gasteiger partial charge is 0.373 e. The molecule has 0 radical (unpaired) electrons. The Kier molecular flexibility index (Phi) is 5.86. The average Bonchev–Trinajstić information content (AvgIpc) is 2.74. The number of aromatic nitrogens is 1. The van der Waals surface area contributed by atoms with Crippen LogP contribution in [0, 0.1) is 19.7 Å². The van der Waals surface area contributed by atoms with Crippen molar-refractivity contribution < 1.29 is 14.0 Å². The topological polar surface area (TPSA) is 68.8 Å². The van der Waals surface area contributed by atoms with Gasteiger partial charge < -0.3 is 15.1 Å². The van der Waals surface area contributed by atoms with Gasteiger partial charge in [0.2, 0.25) is 5.91 Å². The van der Waals surface area contributed by atoms with E-state index in [9.17, 15) is 14.0 Å². The van der Waals surface area contributed by atoms with Crippen molar-refractivity contribution >= 4 is 17.6 Å². The Labute approximate surface area is 193 Å². The van der Waals surface area contributed by atoms with Gasteiger partial charge in [0.05, 0.1) is 25.0 Å². The van der Waals surface area contributed by atoms with Gasteiger partial charge in [0.1, 0.15) is 6.54 Å². The van der Waals surface area contributed by atoms with Gasteiger partial charge in [-0.05, 0) is 44.9 Å². The molecule has 1 aromatic heterocycles. The lowest BCUT2D eigenvalue weighted by molar-refractivity contribution is -0.166. The van der Waals surface area contributed by atoms with Gasteiger partial charge in [-0.15, -0.1) is 0 Å². The van der Waals surface area contributed by atoms with E-state index in [4.69, 9.17) is 0 Å². The number of hydrogen-bond donors (Lipinski definition) is 1. The number of likely N-dealkylation sites (tertiary alicyclic amines) is 1. The molecule has 33 heavy (non-hydrogen) atoms. The third kappa shape index (κ3) is 3.83. The summed E-state index contributed by atoms with van der Waals surface area (Å²) in [4.78, 5) is 36.4. The molecular weight excluding hydrogens is 421 g/mol. The number of rotatable bonds is 6. The summed E-state index contributed by atoms with van der Waals surface area (Å²) in [6.07, 6.45) is 1.50. The first-order chi connectivity index (χ1) is 15.7. The average molecular weight is 452 g/mol. The number of aryl methyl sites for hydroxylation is 2. The first kappa shape index (κ1) is 22.8. The van der Waals surface area contributed by atoms with Crippen LogP contribution in [-0.4, -0.2) is 58.3 Å². The highest BCUT2D eigenvalue weighted by atomic mass is 19.1. The van der Waals surface area contributed by atoms with Crippen molar-refractivity contribution in [3.05, 3.63) is 71.4 Å². The van der Waals surface area contributed by atoms with Crippen molar-refractivity contribution in [3.8, 4) is 0 Å². The zero-order valence-corrected chi connectivity index (χ0v) is 19.6. The zero-order chi connectivity index (χ0) is 23.9. The molecule has 2 fully saturated rings. The molecule has 1 spiro atoms. The van der Waals surface area contributed by atoms with E-state index in [0.29, 0.717) is 17.9 Å². The molecule has 2 saturated heterocycles. The summed E-state index contributed by atoms with van der Waals surface area (Å²) in [6.45, 7) is 12.7. The number of anilines is 1. The van der Waals surface area contributed by atoms with Gasteiger partial charge in [0.15, 0.2) is 17.2 Å². The van der Waals surface area contributed by atoms with E-state index in [1.165, 1.54) is 17.2 Å². The number of halogens is 1. The molecule has 2 aliphatic rings. The van der Waals surface area contributed by atoms with Crippen LogP contribution in [0.4, 0.5) is 10.2 Å². The number of benzene rings is 1. The molecule has 2 aliphatic heterocycles. The summed E-state index contributed by atoms with van der Waals surface area (Å²) in [5.74, 6) is -0.581. The number of nitrogens with zero attached hydrogens (tertiary/aromatic N) is 4. The molecular formula is C25H30FN5O2. The smallest absolute Gasteiger partial charge is 0.258 e. The number of hydrogen-bond acceptors (Lipinski definition) is 5. The number of nitrogens with one attached hydrogen (secondary N) is 1. The SMILES string of the molecule is C=C(NCC)N1CC2(C1)C(=O)N(c1ncc(C)cc1F)CC(=O)N2[C@@H](C)c1ccc(C)cc1. The van der Waals surface area contributed by atoms with E-state index in [-0.39, 0.29) is 43.3 Å². The van der Waals surface area contributed by atoms with Crippen LogP contribution in [0.5, 0.6) is 0 Å². The van der Waals surface area contributed by atoms with Gasteiger partial charge in [0.25, 0.3) is 5.91 Å². The Balaban J connectivity index is 1.72. The van der Waals surface area contributed by atoms with E-state index in [1.54, 1.807) is 11.8 Å². The van der Waals surface area contributed by atoms with Crippen LogP contribution in [-0.2, 0) is 9.59 Å². The van der Waals surface area contributed by atoms with Crippen molar-refractivity contribution in [3.63, 3.8) is 0 Å². The molecule has 1 N–H and O–H groups in total. The minimum Gasteiger partial charge on any atom is -0.373 e. The molecule has 2 aromatic rings.